The van der Waals surface area contributed by atoms with Crippen LogP contribution in [0, 0.1) is 5.92 Å². The molecule has 0 bridgehead atoms. The van der Waals surface area contributed by atoms with Gasteiger partial charge in [0.25, 0.3) is 0 Å². The number of hydrogen-bond acceptors (Lipinski definition) is 2. The summed E-state index contributed by atoms with van der Waals surface area (Å²) >= 11 is 0. The Morgan fingerprint density at radius 3 is 2.29 bits per heavy atom. The quantitative estimate of drug-likeness (QED) is 0.687. The van der Waals surface area contributed by atoms with Crippen molar-refractivity contribution in [1.29, 1.82) is 0 Å². The Hall–Kier alpha value is -0.0800. The van der Waals surface area contributed by atoms with Gasteiger partial charge < -0.3 is 10.1 Å². The highest BCUT2D eigenvalue weighted by Gasteiger charge is 2.15. The molecule has 0 saturated heterocycles. The van der Waals surface area contributed by atoms with E-state index in [-0.39, 0.29) is 0 Å². The van der Waals surface area contributed by atoms with E-state index in [0.717, 1.165) is 19.1 Å². The van der Waals surface area contributed by atoms with Crippen LogP contribution in [-0.4, -0.2) is 25.8 Å². The van der Waals surface area contributed by atoms with Crippen molar-refractivity contribution in [2.45, 2.75) is 70.3 Å². The Bertz CT molecular complexity index is 183. The molecule has 2 rings (SSSR count). The van der Waals surface area contributed by atoms with Crippen LogP contribution in [0.5, 0.6) is 0 Å². The Balaban J connectivity index is 1.38. The number of rotatable bonds is 7. The topological polar surface area (TPSA) is 21.3 Å². The summed E-state index contributed by atoms with van der Waals surface area (Å²) in [7, 11) is 0. The number of ether oxygens (including phenoxy) is 1. The van der Waals surface area contributed by atoms with Crippen LogP contribution in [0.4, 0.5) is 0 Å². The highest BCUT2D eigenvalue weighted by molar-refractivity contribution is 4.68. The lowest BCUT2D eigenvalue weighted by molar-refractivity contribution is 0.0602. The van der Waals surface area contributed by atoms with Gasteiger partial charge in [-0.1, -0.05) is 44.9 Å². The minimum Gasteiger partial charge on any atom is -0.377 e. The van der Waals surface area contributed by atoms with Gasteiger partial charge in [-0.25, -0.2) is 0 Å². The predicted octanol–water partition coefficient (Wildman–Crippen LogP) is 3.51. The van der Waals surface area contributed by atoms with E-state index in [1.165, 1.54) is 70.8 Å². The predicted molar refractivity (Wildman–Crippen MR) is 72.3 cm³/mol. The van der Waals surface area contributed by atoms with E-state index < -0.39 is 0 Å². The van der Waals surface area contributed by atoms with E-state index in [4.69, 9.17) is 4.74 Å². The van der Waals surface area contributed by atoms with E-state index in [2.05, 4.69) is 5.32 Å². The lowest BCUT2D eigenvalue weighted by atomic mass is 9.87. The first kappa shape index (κ1) is 13.4. The number of nitrogens with one attached hydrogen (secondary N) is 1. The SMILES string of the molecule is C1CCC(CCNCCOC2CCCC2)CC1. The molecule has 0 unspecified atom stereocenters. The van der Waals surface area contributed by atoms with E-state index in [1.54, 1.807) is 0 Å². The summed E-state index contributed by atoms with van der Waals surface area (Å²) in [6.45, 7) is 3.15. The van der Waals surface area contributed by atoms with E-state index in [9.17, 15) is 0 Å². The van der Waals surface area contributed by atoms with E-state index in [0.29, 0.717) is 6.10 Å². The second kappa shape index (κ2) is 8.10. The van der Waals surface area contributed by atoms with Gasteiger partial charge in [0.2, 0.25) is 0 Å². The van der Waals surface area contributed by atoms with Crippen LogP contribution in [0.3, 0.4) is 0 Å². The van der Waals surface area contributed by atoms with Gasteiger partial charge in [0.15, 0.2) is 0 Å². The first-order valence-electron chi connectivity index (χ1n) is 7.77. The molecule has 0 aliphatic heterocycles. The normalized spacial score (nSPS) is 23.3. The maximum Gasteiger partial charge on any atom is 0.0594 e. The zero-order chi connectivity index (χ0) is 11.8. The van der Waals surface area contributed by atoms with Crippen LogP contribution in [0.2, 0.25) is 0 Å². The largest absolute Gasteiger partial charge is 0.377 e. The summed E-state index contributed by atoms with van der Waals surface area (Å²) in [5, 5.41) is 3.53. The minimum atomic E-state index is 0.579. The molecular formula is C15H29NO. The summed E-state index contributed by atoms with van der Waals surface area (Å²) in [6, 6.07) is 0. The molecular weight excluding hydrogens is 210 g/mol. The van der Waals surface area contributed by atoms with Crippen molar-refractivity contribution in [3.8, 4) is 0 Å². The summed E-state index contributed by atoms with van der Waals surface area (Å²) in [5.74, 6) is 1.01. The molecule has 2 aliphatic rings. The average molecular weight is 239 g/mol. The average Bonchev–Trinajstić information content (AvgIpc) is 2.88. The van der Waals surface area contributed by atoms with Crippen LogP contribution in [0.1, 0.15) is 64.2 Å². The second-order valence-electron chi connectivity index (χ2n) is 5.82. The van der Waals surface area contributed by atoms with Crippen molar-refractivity contribution in [2.24, 2.45) is 5.92 Å². The van der Waals surface area contributed by atoms with Crippen molar-refractivity contribution in [3.05, 3.63) is 0 Å². The van der Waals surface area contributed by atoms with Crippen molar-refractivity contribution < 1.29 is 4.74 Å². The summed E-state index contributed by atoms with van der Waals surface area (Å²) in [5.41, 5.74) is 0. The second-order valence-corrected chi connectivity index (χ2v) is 5.82. The van der Waals surface area contributed by atoms with Crippen molar-refractivity contribution in [1.82, 2.24) is 5.32 Å². The fourth-order valence-corrected chi connectivity index (χ4v) is 3.26. The van der Waals surface area contributed by atoms with Crippen LogP contribution in [0.25, 0.3) is 0 Å². The van der Waals surface area contributed by atoms with Gasteiger partial charge in [0.05, 0.1) is 12.7 Å². The Morgan fingerprint density at radius 2 is 1.53 bits per heavy atom. The molecule has 0 aromatic heterocycles. The van der Waals surface area contributed by atoms with Crippen molar-refractivity contribution >= 4 is 0 Å². The number of hydrogen-bond donors (Lipinski definition) is 1. The Labute approximate surface area is 107 Å². The molecule has 17 heavy (non-hydrogen) atoms. The molecule has 0 aromatic carbocycles. The molecule has 0 atom stereocenters. The van der Waals surface area contributed by atoms with Gasteiger partial charge >= 0.3 is 0 Å². The van der Waals surface area contributed by atoms with Crippen LogP contribution >= 0.6 is 0 Å². The molecule has 100 valence electrons. The molecule has 2 saturated carbocycles. The monoisotopic (exact) mass is 239 g/mol. The summed E-state index contributed by atoms with van der Waals surface area (Å²) in [4.78, 5) is 0. The van der Waals surface area contributed by atoms with Crippen molar-refractivity contribution in [3.63, 3.8) is 0 Å². The highest BCUT2D eigenvalue weighted by Crippen LogP contribution is 2.25. The maximum atomic E-state index is 5.83. The minimum absolute atomic E-state index is 0.579. The lowest BCUT2D eigenvalue weighted by Gasteiger charge is -2.21. The lowest BCUT2D eigenvalue weighted by Crippen LogP contribution is -2.25. The molecule has 2 heteroatoms. The fraction of sp³-hybridized carbons (Fsp3) is 1.00. The van der Waals surface area contributed by atoms with Crippen LogP contribution < -0.4 is 5.32 Å². The third-order valence-electron chi connectivity index (χ3n) is 4.39. The summed E-state index contributed by atoms with van der Waals surface area (Å²) in [6.07, 6.45) is 14.6. The molecule has 2 aliphatic carbocycles. The zero-order valence-corrected chi connectivity index (χ0v) is 11.3. The van der Waals surface area contributed by atoms with Crippen LogP contribution in [-0.2, 0) is 4.74 Å². The summed E-state index contributed by atoms with van der Waals surface area (Å²) < 4.78 is 5.83. The molecule has 2 fully saturated rings. The zero-order valence-electron chi connectivity index (χ0n) is 11.3. The highest BCUT2D eigenvalue weighted by atomic mass is 16.5. The molecule has 0 amide bonds. The van der Waals surface area contributed by atoms with Gasteiger partial charge in [-0.05, 0) is 31.7 Å². The molecule has 2 nitrogen and oxygen atoms in total. The molecule has 1 N–H and O–H groups in total. The maximum absolute atomic E-state index is 5.83. The van der Waals surface area contributed by atoms with Gasteiger partial charge in [0, 0.05) is 6.54 Å². The van der Waals surface area contributed by atoms with Gasteiger partial charge in [-0.15, -0.1) is 0 Å². The van der Waals surface area contributed by atoms with E-state index >= 15 is 0 Å². The standard InChI is InChI=1S/C15H29NO/c1-2-6-14(7-3-1)10-11-16-12-13-17-15-8-4-5-9-15/h14-16H,1-13H2. The molecule has 0 radical (unpaired) electrons. The van der Waals surface area contributed by atoms with E-state index in [1.807, 2.05) is 0 Å². The van der Waals surface area contributed by atoms with Crippen LogP contribution in [0.15, 0.2) is 0 Å². The third-order valence-corrected chi connectivity index (χ3v) is 4.39. The van der Waals surface area contributed by atoms with Crippen molar-refractivity contribution in [2.75, 3.05) is 19.7 Å². The molecule has 0 aromatic rings. The molecule has 0 spiro atoms. The van der Waals surface area contributed by atoms with Gasteiger partial charge in [-0.3, -0.25) is 0 Å². The first-order chi connectivity index (χ1) is 8.45. The first-order valence-corrected chi connectivity index (χ1v) is 7.77. The Morgan fingerprint density at radius 1 is 0.824 bits per heavy atom. The smallest absolute Gasteiger partial charge is 0.0594 e. The third kappa shape index (κ3) is 5.39. The van der Waals surface area contributed by atoms with Gasteiger partial charge in [-0.2, -0.15) is 0 Å². The fourth-order valence-electron chi connectivity index (χ4n) is 3.26. The molecule has 0 heterocycles. The Kier molecular flexibility index (Phi) is 6.36. The van der Waals surface area contributed by atoms with Gasteiger partial charge in [0.1, 0.15) is 0 Å².